The number of rotatable bonds is 4. The Balaban J connectivity index is 2.93. The number of alkyl halides is 3. The van der Waals surface area contributed by atoms with E-state index in [1.54, 1.807) is 0 Å². The summed E-state index contributed by atoms with van der Waals surface area (Å²) in [5.74, 6) is -0.546. The number of carbonyl (C=O) groups is 1. The van der Waals surface area contributed by atoms with Crippen LogP contribution in [-0.2, 0) is 11.0 Å². The number of hydrogen-bond donors (Lipinski definition) is 2. The minimum atomic E-state index is -4.47. The highest BCUT2D eigenvalue weighted by Crippen LogP contribution is 2.33. The zero-order valence-corrected chi connectivity index (χ0v) is 12.7. The van der Waals surface area contributed by atoms with Crippen LogP contribution < -0.4 is 11.1 Å². The molecule has 3 N–H and O–H groups in total. The highest BCUT2D eigenvalue weighted by molar-refractivity contribution is 9.10. The van der Waals surface area contributed by atoms with Crippen molar-refractivity contribution in [1.29, 1.82) is 0 Å². The first-order valence-corrected chi connectivity index (χ1v) is 6.88. The molecule has 1 aromatic carbocycles. The second kappa shape index (κ2) is 6.58. The van der Waals surface area contributed by atoms with Crippen LogP contribution in [0.1, 0.15) is 25.8 Å². The first kappa shape index (κ1) is 17.0. The molecule has 0 fully saturated rings. The van der Waals surface area contributed by atoms with Crippen LogP contribution in [-0.4, -0.2) is 11.9 Å². The summed E-state index contributed by atoms with van der Waals surface area (Å²) in [7, 11) is 0. The van der Waals surface area contributed by atoms with Crippen molar-refractivity contribution in [3.63, 3.8) is 0 Å². The summed E-state index contributed by atoms with van der Waals surface area (Å²) in [6.45, 7) is 3.70. The Kier molecular flexibility index (Phi) is 5.59. The summed E-state index contributed by atoms with van der Waals surface area (Å²) in [5.41, 5.74) is 4.97. The Bertz CT molecular complexity index is 491. The molecule has 0 aliphatic heterocycles. The van der Waals surface area contributed by atoms with Crippen molar-refractivity contribution < 1.29 is 18.0 Å². The fourth-order valence-electron chi connectivity index (χ4n) is 1.56. The van der Waals surface area contributed by atoms with E-state index in [0.717, 1.165) is 12.1 Å². The van der Waals surface area contributed by atoms with Crippen LogP contribution in [0.4, 0.5) is 18.9 Å². The topological polar surface area (TPSA) is 55.1 Å². The molecule has 112 valence electrons. The molecule has 0 radical (unpaired) electrons. The van der Waals surface area contributed by atoms with Gasteiger partial charge in [0, 0.05) is 10.2 Å². The molecule has 20 heavy (non-hydrogen) atoms. The second-order valence-corrected chi connectivity index (χ2v) is 5.54. The van der Waals surface area contributed by atoms with Gasteiger partial charge in [-0.1, -0.05) is 36.2 Å². The average Bonchev–Trinajstić information content (AvgIpc) is 2.35. The van der Waals surface area contributed by atoms with E-state index < -0.39 is 23.7 Å². The normalized spacial score (nSPS) is 14.8. The van der Waals surface area contributed by atoms with Gasteiger partial charge in [-0.05, 0) is 24.1 Å². The van der Waals surface area contributed by atoms with Gasteiger partial charge < -0.3 is 11.1 Å². The molecule has 2 unspecified atom stereocenters. The van der Waals surface area contributed by atoms with Crippen molar-refractivity contribution in [2.75, 3.05) is 5.32 Å². The van der Waals surface area contributed by atoms with Gasteiger partial charge in [0.2, 0.25) is 5.91 Å². The summed E-state index contributed by atoms with van der Waals surface area (Å²) in [5, 5.41) is 2.42. The molecule has 0 heterocycles. The maximum Gasteiger partial charge on any atom is 0.416 e. The highest BCUT2D eigenvalue weighted by atomic mass is 79.9. The van der Waals surface area contributed by atoms with Gasteiger partial charge in [-0.2, -0.15) is 13.2 Å². The van der Waals surface area contributed by atoms with Gasteiger partial charge in [-0.3, -0.25) is 4.79 Å². The molecule has 0 aliphatic rings. The number of nitrogens with one attached hydrogen (secondary N) is 1. The second-order valence-electron chi connectivity index (χ2n) is 4.63. The monoisotopic (exact) mass is 352 g/mol. The lowest BCUT2D eigenvalue weighted by molar-refractivity contribution is -0.137. The molecule has 1 rings (SSSR count). The van der Waals surface area contributed by atoms with Crippen molar-refractivity contribution in [2.45, 2.75) is 32.5 Å². The van der Waals surface area contributed by atoms with Crippen molar-refractivity contribution >= 4 is 27.5 Å². The van der Waals surface area contributed by atoms with E-state index in [1.165, 1.54) is 6.07 Å². The lowest BCUT2D eigenvalue weighted by atomic mass is 9.99. The maximum absolute atomic E-state index is 12.7. The summed E-state index contributed by atoms with van der Waals surface area (Å²) in [6.07, 6.45) is -3.76. The third-order valence-corrected chi connectivity index (χ3v) is 3.51. The lowest BCUT2D eigenvalue weighted by Gasteiger charge is -2.18. The Labute approximate surface area is 123 Å². The molecule has 0 spiro atoms. The maximum atomic E-state index is 12.7. The predicted molar refractivity (Wildman–Crippen MR) is 75.2 cm³/mol. The Morgan fingerprint density at radius 1 is 1.40 bits per heavy atom. The molecule has 7 heteroatoms. The molecule has 0 aromatic heterocycles. The van der Waals surface area contributed by atoms with E-state index in [9.17, 15) is 18.0 Å². The fraction of sp³-hybridized carbons (Fsp3) is 0.462. The highest BCUT2D eigenvalue weighted by Gasteiger charge is 2.31. The quantitative estimate of drug-likeness (QED) is 0.866. The summed E-state index contributed by atoms with van der Waals surface area (Å²) in [6, 6.07) is 2.47. The molecular weight excluding hydrogens is 337 g/mol. The van der Waals surface area contributed by atoms with Crippen molar-refractivity contribution in [3.8, 4) is 0 Å². The summed E-state index contributed by atoms with van der Waals surface area (Å²) < 4.78 is 38.2. The van der Waals surface area contributed by atoms with E-state index in [4.69, 9.17) is 5.73 Å². The fourth-order valence-corrected chi connectivity index (χ4v) is 2.06. The van der Waals surface area contributed by atoms with Gasteiger partial charge in [0.15, 0.2) is 0 Å². The van der Waals surface area contributed by atoms with E-state index in [0.29, 0.717) is 6.42 Å². The first-order chi connectivity index (χ1) is 9.15. The molecule has 1 amide bonds. The smallest absolute Gasteiger partial charge is 0.325 e. The van der Waals surface area contributed by atoms with Gasteiger partial charge >= 0.3 is 6.18 Å². The number of carbonyl (C=O) groups excluding carboxylic acids is 1. The van der Waals surface area contributed by atoms with Crippen LogP contribution in [0, 0.1) is 5.92 Å². The number of amides is 1. The van der Waals surface area contributed by atoms with Crippen molar-refractivity contribution in [1.82, 2.24) is 0 Å². The van der Waals surface area contributed by atoms with Crippen LogP contribution >= 0.6 is 15.9 Å². The molecule has 0 saturated heterocycles. The van der Waals surface area contributed by atoms with Crippen LogP contribution in [0.3, 0.4) is 0 Å². The van der Waals surface area contributed by atoms with Gasteiger partial charge in [-0.25, -0.2) is 0 Å². The van der Waals surface area contributed by atoms with E-state index >= 15 is 0 Å². The summed E-state index contributed by atoms with van der Waals surface area (Å²) >= 11 is 2.99. The largest absolute Gasteiger partial charge is 0.416 e. The zero-order valence-electron chi connectivity index (χ0n) is 11.1. The van der Waals surface area contributed by atoms with Crippen LogP contribution in [0.15, 0.2) is 22.7 Å². The summed E-state index contributed by atoms with van der Waals surface area (Å²) in [4.78, 5) is 11.9. The average molecular weight is 353 g/mol. The molecule has 0 bridgehead atoms. The minimum Gasteiger partial charge on any atom is -0.325 e. The zero-order chi connectivity index (χ0) is 15.5. The Morgan fingerprint density at radius 3 is 2.50 bits per heavy atom. The molecular formula is C13H16BrF3N2O. The van der Waals surface area contributed by atoms with E-state index in [1.807, 2.05) is 13.8 Å². The van der Waals surface area contributed by atoms with Crippen molar-refractivity contribution in [2.24, 2.45) is 11.7 Å². The van der Waals surface area contributed by atoms with E-state index in [2.05, 4.69) is 21.2 Å². The van der Waals surface area contributed by atoms with Crippen LogP contribution in [0.25, 0.3) is 0 Å². The SMILES string of the molecule is CCC(C)C(N)C(=O)Nc1cc(Br)cc(C(F)(F)F)c1. The number of halogens is 4. The molecule has 3 nitrogen and oxygen atoms in total. The molecule has 1 aromatic rings. The van der Waals surface area contributed by atoms with Gasteiger partial charge in [-0.15, -0.1) is 0 Å². The Morgan fingerprint density at radius 2 is 2.00 bits per heavy atom. The number of hydrogen-bond acceptors (Lipinski definition) is 2. The van der Waals surface area contributed by atoms with Gasteiger partial charge in [0.25, 0.3) is 0 Å². The first-order valence-electron chi connectivity index (χ1n) is 6.09. The minimum absolute atomic E-state index is 0.0516. The van der Waals surface area contributed by atoms with Gasteiger partial charge in [0.05, 0.1) is 11.6 Å². The molecule has 0 saturated carbocycles. The van der Waals surface area contributed by atoms with Gasteiger partial charge in [0.1, 0.15) is 0 Å². The number of anilines is 1. The standard InChI is InChI=1S/C13H16BrF3N2O/c1-3-7(2)11(18)12(20)19-10-5-8(13(15,16)17)4-9(14)6-10/h4-7,11H,3,18H2,1-2H3,(H,19,20). The number of nitrogens with two attached hydrogens (primary N) is 1. The molecule has 2 atom stereocenters. The van der Waals surface area contributed by atoms with Crippen LogP contribution in [0.5, 0.6) is 0 Å². The predicted octanol–water partition coefficient (Wildman–Crippen LogP) is 3.78. The molecule has 0 aliphatic carbocycles. The van der Waals surface area contributed by atoms with Crippen LogP contribution in [0.2, 0.25) is 0 Å². The van der Waals surface area contributed by atoms with E-state index in [-0.39, 0.29) is 16.1 Å². The third-order valence-electron chi connectivity index (χ3n) is 3.05. The number of benzene rings is 1. The third kappa shape index (κ3) is 4.49. The Hall–Kier alpha value is -1.08. The van der Waals surface area contributed by atoms with Crippen molar-refractivity contribution in [3.05, 3.63) is 28.2 Å². The lowest BCUT2D eigenvalue weighted by Crippen LogP contribution is -2.40.